The van der Waals surface area contributed by atoms with Crippen LogP contribution in [0.15, 0.2) is 29.4 Å². The Morgan fingerprint density at radius 1 is 0.964 bits per heavy atom. The number of aliphatic hydroxyl groups excluding tert-OH is 3. The van der Waals surface area contributed by atoms with Gasteiger partial charge < -0.3 is 34.7 Å². The molecule has 8 heteroatoms. The van der Waals surface area contributed by atoms with E-state index in [1.807, 2.05) is 0 Å². The van der Waals surface area contributed by atoms with E-state index >= 15 is 0 Å². The van der Waals surface area contributed by atoms with Crippen molar-refractivity contribution in [2.45, 2.75) is 32.3 Å². The van der Waals surface area contributed by atoms with Gasteiger partial charge in [0.25, 0.3) is 0 Å². The maximum atomic E-state index is 10.1. The summed E-state index contributed by atoms with van der Waals surface area (Å²) in [5, 5.41) is 42.9. The molecule has 1 unspecified atom stereocenters. The molecule has 2 aromatic carbocycles. The molecule has 0 fully saturated rings. The van der Waals surface area contributed by atoms with E-state index in [1.165, 1.54) is 14.2 Å². The maximum Gasteiger partial charge on any atom is 0.200 e. The lowest BCUT2D eigenvalue weighted by molar-refractivity contribution is 0.0854. The largest absolute Gasteiger partial charge is 0.502 e. The summed E-state index contributed by atoms with van der Waals surface area (Å²) in [4.78, 5) is 5.57. The van der Waals surface area contributed by atoms with Gasteiger partial charge >= 0.3 is 0 Å². The van der Waals surface area contributed by atoms with Gasteiger partial charge in [-0.05, 0) is 46.5 Å². The van der Waals surface area contributed by atoms with Crippen molar-refractivity contribution in [3.8, 4) is 17.2 Å². The number of aliphatic hydroxyl groups is 3. The van der Waals surface area contributed by atoms with Crippen molar-refractivity contribution in [1.29, 1.82) is 0 Å². The predicted molar refractivity (Wildman–Crippen MR) is 100 cm³/mol. The Morgan fingerprint density at radius 2 is 1.54 bits per heavy atom. The van der Waals surface area contributed by atoms with Crippen LogP contribution >= 0.6 is 0 Å². The molecule has 4 N–H and O–H groups in total. The van der Waals surface area contributed by atoms with E-state index in [0.717, 1.165) is 5.56 Å². The highest BCUT2D eigenvalue weighted by atomic mass is 16.6. The van der Waals surface area contributed by atoms with E-state index in [4.69, 9.17) is 14.3 Å². The Morgan fingerprint density at radius 3 is 2.00 bits per heavy atom. The summed E-state index contributed by atoms with van der Waals surface area (Å²) < 4.78 is 10.4. The molecule has 150 valence electrons. The fraction of sp³-hybridized carbons (Fsp3) is 0.350. The van der Waals surface area contributed by atoms with Crippen molar-refractivity contribution in [2.75, 3.05) is 14.2 Å². The van der Waals surface area contributed by atoms with Crippen molar-refractivity contribution >= 4 is 5.71 Å². The van der Waals surface area contributed by atoms with E-state index in [9.17, 15) is 20.4 Å². The second-order valence-corrected chi connectivity index (χ2v) is 6.36. The number of oxime groups is 1. The highest BCUT2D eigenvalue weighted by molar-refractivity contribution is 6.02. The Kier molecular flexibility index (Phi) is 6.03. The van der Waals surface area contributed by atoms with Crippen LogP contribution in [0.4, 0.5) is 0 Å². The topological polar surface area (TPSA) is 121 Å². The SMILES string of the molecule is COc1cc(C2=NOC(c3cc(CO)c(CO)c(CO)c3)C2)cc(OC)c1O. The molecule has 3 rings (SSSR count). The van der Waals surface area contributed by atoms with Gasteiger partial charge in [-0.15, -0.1) is 0 Å². The number of nitrogens with zero attached hydrogens (tertiary/aromatic N) is 1. The third kappa shape index (κ3) is 3.62. The normalized spacial score (nSPS) is 15.9. The number of phenolic OH excluding ortho intramolecular Hbond substituents is 1. The quantitative estimate of drug-likeness (QED) is 0.569. The molecule has 1 aliphatic heterocycles. The molecule has 28 heavy (non-hydrogen) atoms. The molecule has 0 aromatic heterocycles. The van der Waals surface area contributed by atoms with Crippen LogP contribution in [0.25, 0.3) is 0 Å². The molecule has 1 aliphatic rings. The third-order valence-corrected chi connectivity index (χ3v) is 4.81. The number of benzene rings is 2. The monoisotopic (exact) mass is 389 g/mol. The third-order valence-electron chi connectivity index (χ3n) is 4.81. The molecule has 1 atom stereocenters. The first kappa shape index (κ1) is 19.9. The summed E-state index contributed by atoms with van der Waals surface area (Å²) in [5.74, 6) is 0.431. The van der Waals surface area contributed by atoms with E-state index in [0.29, 0.717) is 34.4 Å². The second kappa shape index (κ2) is 8.47. The average Bonchev–Trinajstić information content (AvgIpc) is 3.23. The molecule has 2 aromatic rings. The van der Waals surface area contributed by atoms with Crippen molar-refractivity contribution in [2.24, 2.45) is 5.16 Å². The molecule has 0 bridgehead atoms. The van der Waals surface area contributed by atoms with E-state index in [2.05, 4.69) is 5.16 Å². The summed E-state index contributed by atoms with van der Waals surface area (Å²) in [6.07, 6.45) is 0.0230. The number of hydrogen-bond acceptors (Lipinski definition) is 8. The van der Waals surface area contributed by atoms with Gasteiger partial charge in [0.1, 0.15) is 0 Å². The van der Waals surface area contributed by atoms with Crippen LogP contribution in [0.2, 0.25) is 0 Å². The Hall–Kier alpha value is -2.81. The summed E-state index contributed by atoms with van der Waals surface area (Å²) in [6.45, 7) is -0.792. The molecule has 0 radical (unpaired) electrons. The zero-order valence-corrected chi connectivity index (χ0v) is 15.7. The zero-order chi connectivity index (χ0) is 20.3. The molecule has 0 aliphatic carbocycles. The molecule has 0 saturated carbocycles. The number of aromatic hydroxyl groups is 1. The van der Waals surface area contributed by atoms with Crippen molar-refractivity contribution in [3.63, 3.8) is 0 Å². The van der Waals surface area contributed by atoms with E-state index in [1.54, 1.807) is 24.3 Å². The van der Waals surface area contributed by atoms with E-state index < -0.39 is 6.10 Å². The van der Waals surface area contributed by atoms with Crippen LogP contribution in [0.3, 0.4) is 0 Å². The Balaban J connectivity index is 1.90. The first-order chi connectivity index (χ1) is 13.6. The molecule has 0 spiro atoms. The lowest BCUT2D eigenvalue weighted by Crippen LogP contribution is -2.07. The maximum absolute atomic E-state index is 10.1. The van der Waals surface area contributed by atoms with Crippen LogP contribution in [0.5, 0.6) is 17.2 Å². The van der Waals surface area contributed by atoms with Gasteiger partial charge in [0, 0.05) is 12.0 Å². The lowest BCUT2D eigenvalue weighted by atomic mass is 9.93. The first-order valence-electron chi connectivity index (χ1n) is 8.71. The summed E-state index contributed by atoms with van der Waals surface area (Å²) >= 11 is 0. The number of rotatable bonds is 7. The van der Waals surface area contributed by atoms with Crippen LogP contribution in [0.1, 0.15) is 40.3 Å². The average molecular weight is 389 g/mol. The minimum atomic E-state index is -0.413. The van der Waals surface area contributed by atoms with Crippen LogP contribution in [-0.2, 0) is 24.7 Å². The Labute approximate surface area is 162 Å². The Bertz CT molecular complexity index is 844. The molecular weight excluding hydrogens is 366 g/mol. The van der Waals surface area contributed by atoms with Gasteiger partial charge in [-0.25, -0.2) is 0 Å². The standard InChI is InChI=1S/C20H23NO7/c1-26-18-5-11(6-19(27-2)20(18)25)16-7-17(28-21-16)12-3-13(8-22)15(10-24)14(4-12)9-23/h3-6,17,22-25H,7-10H2,1-2H3. The zero-order valence-electron chi connectivity index (χ0n) is 15.7. The van der Waals surface area contributed by atoms with Crippen molar-refractivity contribution < 1.29 is 34.7 Å². The van der Waals surface area contributed by atoms with Crippen LogP contribution in [0, 0.1) is 0 Å². The predicted octanol–water partition coefficient (Wildman–Crippen LogP) is 1.75. The molecule has 0 amide bonds. The minimum absolute atomic E-state index is 0.0930. The summed E-state index contributed by atoms with van der Waals surface area (Å²) in [5.41, 5.74) is 3.65. The highest BCUT2D eigenvalue weighted by Gasteiger charge is 2.27. The molecular formula is C20H23NO7. The van der Waals surface area contributed by atoms with Gasteiger partial charge in [-0.1, -0.05) is 5.16 Å². The van der Waals surface area contributed by atoms with Gasteiger partial charge in [-0.2, -0.15) is 0 Å². The smallest absolute Gasteiger partial charge is 0.200 e. The number of phenols is 1. The summed E-state index contributed by atoms with van der Waals surface area (Å²) in [6, 6.07) is 6.78. The second-order valence-electron chi connectivity index (χ2n) is 6.36. The number of ether oxygens (including phenoxy) is 2. The van der Waals surface area contributed by atoms with Gasteiger partial charge in [0.05, 0.1) is 39.8 Å². The fourth-order valence-electron chi connectivity index (χ4n) is 3.28. The van der Waals surface area contributed by atoms with Crippen molar-refractivity contribution in [1.82, 2.24) is 0 Å². The van der Waals surface area contributed by atoms with Gasteiger partial charge in [-0.3, -0.25) is 0 Å². The molecule has 0 saturated heterocycles. The van der Waals surface area contributed by atoms with Gasteiger partial charge in [0.2, 0.25) is 5.75 Å². The molecule has 8 nitrogen and oxygen atoms in total. The fourth-order valence-corrected chi connectivity index (χ4v) is 3.28. The molecule has 1 heterocycles. The highest BCUT2D eigenvalue weighted by Crippen LogP contribution is 2.39. The summed E-state index contributed by atoms with van der Waals surface area (Å²) in [7, 11) is 2.90. The minimum Gasteiger partial charge on any atom is -0.502 e. The lowest BCUT2D eigenvalue weighted by Gasteiger charge is -2.16. The van der Waals surface area contributed by atoms with Gasteiger partial charge in [0.15, 0.2) is 17.6 Å². The number of methoxy groups -OCH3 is 2. The van der Waals surface area contributed by atoms with Crippen molar-refractivity contribution in [3.05, 3.63) is 52.1 Å². The van der Waals surface area contributed by atoms with Crippen LogP contribution in [-0.4, -0.2) is 40.4 Å². The van der Waals surface area contributed by atoms with E-state index in [-0.39, 0.29) is 37.1 Å². The number of hydrogen-bond donors (Lipinski definition) is 4. The first-order valence-corrected chi connectivity index (χ1v) is 8.71. The van der Waals surface area contributed by atoms with Crippen LogP contribution < -0.4 is 9.47 Å².